The van der Waals surface area contributed by atoms with Crippen LogP contribution in [0.15, 0.2) is 34.4 Å². The van der Waals surface area contributed by atoms with E-state index in [0.29, 0.717) is 12.6 Å². The minimum Gasteiger partial charge on any atom is -0.381 e. The van der Waals surface area contributed by atoms with E-state index in [9.17, 15) is 9.59 Å². The number of aromatic nitrogens is 2. The van der Waals surface area contributed by atoms with Gasteiger partial charge in [-0.25, -0.2) is 4.68 Å². The van der Waals surface area contributed by atoms with Crippen molar-refractivity contribution in [2.45, 2.75) is 51.2 Å². The van der Waals surface area contributed by atoms with Crippen molar-refractivity contribution in [3.05, 3.63) is 40.0 Å². The number of likely N-dealkylation sites (tertiary alicyclic amines) is 1. The van der Waals surface area contributed by atoms with Crippen molar-refractivity contribution in [1.29, 1.82) is 0 Å². The summed E-state index contributed by atoms with van der Waals surface area (Å²) in [5, 5.41) is 6.59. The Labute approximate surface area is 175 Å². The average Bonchev–Trinajstić information content (AvgIpc) is 3.30. The predicted molar refractivity (Wildman–Crippen MR) is 114 cm³/mol. The van der Waals surface area contributed by atoms with Crippen molar-refractivity contribution in [3.63, 3.8) is 0 Å². The molecule has 2 aromatic heterocycles. The zero-order valence-corrected chi connectivity index (χ0v) is 17.8. The van der Waals surface area contributed by atoms with Crippen molar-refractivity contribution in [1.82, 2.24) is 14.7 Å². The van der Waals surface area contributed by atoms with Gasteiger partial charge in [0.05, 0.1) is 11.0 Å². The lowest BCUT2D eigenvalue weighted by Gasteiger charge is -2.36. The topological polar surface area (TPSA) is 64.4 Å². The summed E-state index contributed by atoms with van der Waals surface area (Å²) in [6.45, 7) is 2.12. The molecule has 1 amide bonds. The van der Waals surface area contributed by atoms with Gasteiger partial charge in [-0.2, -0.15) is 5.10 Å². The van der Waals surface area contributed by atoms with Gasteiger partial charge in [-0.1, -0.05) is 6.07 Å². The van der Waals surface area contributed by atoms with E-state index in [1.165, 1.54) is 0 Å². The van der Waals surface area contributed by atoms with E-state index in [2.05, 4.69) is 5.10 Å². The van der Waals surface area contributed by atoms with Gasteiger partial charge in [-0.05, 0) is 62.0 Å². The van der Waals surface area contributed by atoms with Crippen LogP contribution in [0.5, 0.6) is 0 Å². The number of hydrogen-bond donors (Lipinski definition) is 0. The second-order valence-corrected chi connectivity index (χ2v) is 9.17. The Morgan fingerprint density at radius 1 is 1.21 bits per heavy atom. The maximum atomic E-state index is 13.0. The lowest BCUT2D eigenvalue weighted by molar-refractivity contribution is -0.139. The maximum Gasteiger partial charge on any atom is 0.266 e. The standard InChI is InChI=1S/C22H29N3O3S/c1-28-18-8-6-17(7-9-18)22(27)24-12-2-4-16(14-24)15-25-21(26)11-10-19(23-25)20-5-3-13-29-20/h3,5,10-11,13,16-18H,2,4,6-9,12,14-15H2,1H3/t16-,17?,18?/m0/s1. The fourth-order valence-electron chi connectivity index (χ4n) is 4.60. The zero-order chi connectivity index (χ0) is 20.2. The largest absolute Gasteiger partial charge is 0.381 e. The molecule has 7 heteroatoms. The van der Waals surface area contributed by atoms with Crippen LogP contribution in [0.3, 0.4) is 0 Å². The van der Waals surface area contributed by atoms with Gasteiger partial charge >= 0.3 is 0 Å². The number of hydrogen-bond acceptors (Lipinski definition) is 5. The molecule has 0 spiro atoms. The normalized spacial score (nSPS) is 25.1. The summed E-state index contributed by atoms with van der Waals surface area (Å²) in [7, 11) is 1.76. The summed E-state index contributed by atoms with van der Waals surface area (Å²) in [5.41, 5.74) is 0.755. The van der Waals surface area contributed by atoms with Crippen LogP contribution in [0, 0.1) is 11.8 Å². The van der Waals surface area contributed by atoms with Crippen LogP contribution >= 0.6 is 11.3 Å². The van der Waals surface area contributed by atoms with Gasteiger partial charge in [0.1, 0.15) is 5.69 Å². The number of carbonyl (C=O) groups is 1. The van der Waals surface area contributed by atoms with Crippen LogP contribution in [0.25, 0.3) is 10.6 Å². The fourth-order valence-corrected chi connectivity index (χ4v) is 5.29. The predicted octanol–water partition coefficient (Wildman–Crippen LogP) is 3.42. The van der Waals surface area contributed by atoms with Crippen LogP contribution in [-0.4, -0.2) is 46.9 Å². The van der Waals surface area contributed by atoms with Crippen LogP contribution in [0.4, 0.5) is 0 Å². The maximum absolute atomic E-state index is 13.0. The minimum atomic E-state index is -0.0772. The smallest absolute Gasteiger partial charge is 0.266 e. The van der Waals surface area contributed by atoms with Crippen LogP contribution in [-0.2, 0) is 16.1 Å². The molecule has 0 radical (unpaired) electrons. The Morgan fingerprint density at radius 2 is 2.03 bits per heavy atom. The quantitative estimate of drug-likeness (QED) is 0.751. The number of rotatable bonds is 5. The summed E-state index contributed by atoms with van der Waals surface area (Å²) in [6.07, 6.45) is 6.10. The second kappa shape index (κ2) is 9.22. The molecule has 6 nitrogen and oxygen atoms in total. The van der Waals surface area contributed by atoms with Gasteiger partial charge in [-0.3, -0.25) is 9.59 Å². The molecule has 0 N–H and O–H groups in total. The van der Waals surface area contributed by atoms with Crippen LogP contribution in [0.2, 0.25) is 0 Å². The molecule has 2 aliphatic rings. The molecule has 0 bridgehead atoms. The van der Waals surface area contributed by atoms with E-state index in [1.807, 2.05) is 22.4 Å². The van der Waals surface area contributed by atoms with Crippen molar-refractivity contribution >= 4 is 17.2 Å². The van der Waals surface area contributed by atoms with Gasteiger partial charge in [0.2, 0.25) is 5.91 Å². The van der Waals surface area contributed by atoms with Crippen LogP contribution in [0.1, 0.15) is 38.5 Å². The summed E-state index contributed by atoms with van der Waals surface area (Å²) in [4.78, 5) is 28.5. The Morgan fingerprint density at radius 3 is 2.76 bits per heavy atom. The number of carbonyl (C=O) groups excluding carboxylic acids is 1. The highest BCUT2D eigenvalue weighted by Crippen LogP contribution is 2.29. The molecular weight excluding hydrogens is 386 g/mol. The lowest BCUT2D eigenvalue weighted by atomic mass is 9.85. The molecule has 0 aromatic carbocycles. The van der Waals surface area contributed by atoms with E-state index in [1.54, 1.807) is 35.3 Å². The summed E-state index contributed by atoms with van der Waals surface area (Å²) in [5.74, 6) is 0.687. The van der Waals surface area contributed by atoms with E-state index in [0.717, 1.165) is 62.2 Å². The van der Waals surface area contributed by atoms with Crippen molar-refractivity contribution in [3.8, 4) is 10.6 Å². The summed E-state index contributed by atoms with van der Waals surface area (Å²) >= 11 is 1.62. The van der Waals surface area contributed by atoms with Crippen molar-refractivity contribution in [2.75, 3.05) is 20.2 Å². The first kappa shape index (κ1) is 20.3. The second-order valence-electron chi connectivity index (χ2n) is 8.22. The van der Waals surface area contributed by atoms with Gasteiger partial charge in [-0.15, -0.1) is 11.3 Å². The Bertz CT molecular complexity index is 872. The Balaban J connectivity index is 1.40. The highest BCUT2D eigenvalue weighted by Gasteiger charge is 2.32. The third kappa shape index (κ3) is 4.78. The first-order valence-corrected chi connectivity index (χ1v) is 11.5. The highest BCUT2D eigenvalue weighted by molar-refractivity contribution is 7.13. The van der Waals surface area contributed by atoms with Gasteiger partial charge in [0.25, 0.3) is 5.56 Å². The molecule has 1 saturated carbocycles. The number of ether oxygens (including phenoxy) is 1. The summed E-state index contributed by atoms with van der Waals surface area (Å²) < 4.78 is 7.01. The average molecular weight is 416 g/mol. The van der Waals surface area contributed by atoms with Gasteiger partial charge < -0.3 is 9.64 Å². The number of methoxy groups -OCH3 is 1. The molecule has 4 rings (SSSR count). The van der Waals surface area contributed by atoms with Crippen LogP contribution < -0.4 is 5.56 Å². The number of nitrogens with zero attached hydrogens (tertiary/aromatic N) is 3. The molecule has 3 heterocycles. The molecule has 0 unspecified atom stereocenters. The van der Waals surface area contributed by atoms with E-state index >= 15 is 0 Å². The van der Waals surface area contributed by atoms with E-state index in [-0.39, 0.29) is 23.3 Å². The zero-order valence-electron chi connectivity index (χ0n) is 17.0. The molecular formula is C22H29N3O3S. The Hall–Kier alpha value is -1.99. The third-order valence-electron chi connectivity index (χ3n) is 6.26. The molecule has 2 fully saturated rings. The first-order chi connectivity index (χ1) is 14.1. The first-order valence-electron chi connectivity index (χ1n) is 10.6. The van der Waals surface area contributed by atoms with E-state index < -0.39 is 0 Å². The van der Waals surface area contributed by atoms with Gasteiger partial charge in [0.15, 0.2) is 0 Å². The molecule has 2 aromatic rings. The van der Waals surface area contributed by atoms with Gasteiger partial charge in [0, 0.05) is 38.7 Å². The van der Waals surface area contributed by atoms with E-state index in [4.69, 9.17) is 4.74 Å². The number of thiophene rings is 1. The number of amides is 1. The molecule has 1 aliphatic carbocycles. The highest BCUT2D eigenvalue weighted by atomic mass is 32.1. The Kier molecular flexibility index (Phi) is 6.45. The molecule has 1 aliphatic heterocycles. The van der Waals surface area contributed by atoms with Crippen molar-refractivity contribution < 1.29 is 9.53 Å². The molecule has 1 saturated heterocycles. The summed E-state index contributed by atoms with van der Waals surface area (Å²) in [6, 6.07) is 7.39. The monoisotopic (exact) mass is 415 g/mol. The lowest BCUT2D eigenvalue weighted by Crippen LogP contribution is -2.45. The molecule has 29 heavy (non-hydrogen) atoms. The van der Waals surface area contributed by atoms with Crippen molar-refractivity contribution in [2.24, 2.45) is 11.8 Å². The third-order valence-corrected chi connectivity index (χ3v) is 7.15. The SMILES string of the molecule is COC1CCC(C(=O)N2CCC[C@H](Cn3nc(-c4cccs4)ccc3=O)C2)CC1. The number of piperidine rings is 1. The molecule has 156 valence electrons. The minimum absolute atomic E-state index is 0.0772. The molecule has 1 atom stereocenters. The fraction of sp³-hybridized carbons (Fsp3) is 0.591.